The van der Waals surface area contributed by atoms with Crippen LogP contribution in [0.1, 0.15) is 19.3 Å². The molecule has 1 amide bonds. The molecule has 0 bridgehead atoms. The number of carbonyl (C=O) groups is 1. The van der Waals surface area contributed by atoms with Crippen LogP contribution in [-0.4, -0.2) is 25.1 Å². The summed E-state index contributed by atoms with van der Waals surface area (Å²) in [4.78, 5) is 16.3. The molecule has 0 aromatic carbocycles. The van der Waals surface area contributed by atoms with Gasteiger partial charge >= 0.3 is 0 Å². The monoisotopic (exact) mass is 170 g/mol. The molecule has 2 aliphatic rings. The van der Waals surface area contributed by atoms with Crippen molar-refractivity contribution < 1.29 is 9.63 Å². The zero-order valence-corrected chi connectivity index (χ0v) is 7.01. The predicted molar refractivity (Wildman–Crippen MR) is 43.2 cm³/mol. The van der Waals surface area contributed by atoms with Gasteiger partial charge in [0, 0.05) is 12.5 Å². The van der Waals surface area contributed by atoms with Crippen LogP contribution in [0.2, 0.25) is 0 Å². The Morgan fingerprint density at radius 2 is 2.33 bits per heavy atom. The van der Waals surface area contributed by atoms with E-state index in [1.54, 1.807) is 0 Å². The predicted octanol–water partition coefficient (Wildman–Crippen LogP) is -0.194. The zero-order chi connectivity index (χ0) is 8.39. The maximum absolute atomic E-state index is 11.4. The van der Waals surface area contributed by atoms with E-state index in [0.29, 0.717) is 6.61 Å². The summed E-state index contributed by atoms with van der Waals surface area (Å²) >= 11 is 0. The Labute approximate surface area is 71.6 Å². The highest BCUT2D eigenvalue weighted by molar-refractivity contribution is 5.79. The van der Waals surface area contributed by atoms with Gasteiger partial charge in [0.1, 0.15) is 0 Å². The van der Waals surface area contributed by atoms with Crippen LogP contribution in [0.15, 0.2) is 0 Å². The van der Waals surface area contributed by atoms with Crippen LogP contribution in [0.3, 0.4) is 0 Å². The van der Waals surface area contributed by atoms with E-state index in [0.717, 1.165) is 19.4 Å². The molecule has 0 spiro atoms. The number of carbonyl (C=O) groups excluding carboxylic acids is 1. The van der Waals surface area contributed by atoms with Gasteiger partial charge in [-0.05, 0) is 12.8 Å². The van der Waals surface area contributed by atoms with Gasteiger partial charge in [-0.15, -0.1) is 0 Å². The quantitative estimate of drug-likeness (QED) is 0.603. The first-order valence-electron chi connectivity index (χ1n) is 4.51. The van der Waals surface area contributed by atoms with Crippen LogP contribution in [-0.2, 0) is 9.63 Å². The van der Waals surface area contributed by atoms with E-state index in [2.05, 4.69) is 10.8 Å². The van der Waals surface area contributed by atoms with Crippen molar-refractivity contribution in [3.8, 4) is 0 Å². The third-order valence-electron chi connectivity index (χ3n) is 2.54. The summed E-state index contributed by atoms with van der Waals surface area (Å²) in [6.45, 7) is 1.33. The molecule has 1 aliphatic carbocycles. The first-order valence-corrected chi connectivity index (χ1v) is 4.51. The lowest BCUT2D eigenvalue weighted by Crippen LogP contribution is -2.43. The largest absolute Gasteiger partial charge is 0.349 e. The smallest absolute Gasteiger partial charge is 0.223 e. The highest BCUT2D eigenvalue weighted by atomic mass is 16.7. The molecule has 2 N–H and O–H groups in total. The van der Waals surface area contributed by atoms with E-state index in [1.165, 1.54) is 6.42 Å². The first-order chi connectivity index (χ1) is 5.86. The standard InChI is InChI=1S/C8H14N2O2/c11-8(6-2-1-3-6)10-7-4-9-12-5-7/h6-7,9H,1-5H2,(H,10,11)/t7-/m0/s1. The summed E-state index contributed by atoms with van der Waals surface area (Å²) in [5.74, 6) is 0.490. The molecule has 1 saturated heterocycles. The lowest BCUT2D eigenvalue weighted by molar-refractivity contribution is -0.128. The van der Waals surface area contributed by atoms with Gasteiger partial charge in [0.2, 0.25) is 5.91 Å². The molecule has 12 heavy (non-hydrogen) atoms. The fraction of sp³-hybridized carbons (Fsp3) is 0.875. The molecule has 0 aromatic rings. The Hall–Kier alpha value is -0.610. The Balaban J connectivity index is 1.73. The second kappa shape index (κ2) is 3.41. The van der Waals surface area contributed by atoms with Crippen molar-refractivity contribution in [2.24, 2.45) is 5.92 Å². The van der Waals surface area contributed by atoms with Crippen LogP contribution in [0.5, 0.6) is 0 Å². The Morgan fingerprint density at radius 3 is 2.83 bits per heavy atom. The molecule has 2 rings (SSSR count). The minimum absolute atomic E-state index is 0.179. The molecule has 1 saturated carbocycles. The molecule has 1 heterocycles. The van der Waals surface area contributed by atoms with Crippen molar-refractivity contribution in [1.82, 2.24) is 10.8 Å². The topological polar surface area (TPSA) is 50.4 Å². The van der Waals surface area contributed by atoms with Gasteiger partial charge in [-0.25, -0.2) is 5.48 Å². The average molecular weight is 170 g/mol. The number of hydrogen-bond acceptors (Lipinski definition) is 3. The number of nitrogens with one attached hydrogen (secondary N) is 2. The van der Waals surface area contributed by atoms with Crippen LogP contribution >= 0.6 is 0 Å². The Kier molecular flexibility index (Phi) is 2.28. The third-order valence-corrected chi connectivity index (χ3v) is 2.54. The van der Waals surface area contributed by atoms with Gasteiger partial charge in [0.05, 0.1) is 12.6 Å². The lowest BCUT2D eigenvalue weighted by Gasteiger charge is -2.25. The second-order valence-electron chi connectivity index (χ2n) is 3.49. The van der Waals surface area contributed by atoms with E-state index < -0.39 is 0 Å². The number of amides is 1. The summed E-state index contributed by atoms with van der Waals surface area (Å²) in [6, 6.07) is 0.179. The van der Waals surface area contributed by atoms with Crippen LogP contribution in [0.4, 0.5) is 0 Å². The van der Waals surface area contributed by atoms with Gasteiger partial charge in [-0.1, -0.05) is 6.42 Å². The fourth-order valence-electron chi connectivity index (χ4n) is 1.46. The molecule has 2 fully saturated rings. The van der Waals surface area contributed by atoms with Gasteiger partial charge in [-0.3, -0.25) is 9.63 Å². The molecule has 0 aromatic heterocycles. The van der Waals surface area contributed by atoms with E-state index >= 15 is 0 Å². The summed E-state index contributed by atoms with van der Waals surface area (Å²) in [5, 5.41) is 2.95. The van der Waals surface area contributed by atoms with Gasteiger partial charge in [0.25, 0.3) is 0 Å². The van der Waals surface area contributed by atoms with Gasteiger partial charge in [-0.2, -0.15) is 0 Å². The van der Waals surface area contributed by atoms with Crippen molar-refractivity contribution in [1.29, 1.82) is 0 Å². The SMILES string of the molecule is O=C(N[C@H]1CNOC1)C1CCC1. The number of hydroxylamine groups is 1. The first kappa shape index (κ1) is 8.01. The van der Waals surface area contributed by atoms with E-state index in [9.17, 15) is 4.79 Å². The molecule has 0 unspecified atom stereocenters. The number of rotatable bonds is 2. The summed E-state index contributed by atoms with van der Waals surface area (Å²) in [6.07, 6.45) is 3.33. The van der Waals surface area contributed by atoms with Crippen molar-refractivity contribution in [2.75, 3.05) is 13.2 Å². The van der Waals surface area contributed by atoms with E-state index in [-0.39, 0.29) is 17.9 Å². The third kappa shape index (κ3) is 1.59. The summed E-state index contributed by atoms with van der Waals surface area (Å²) < 4.78 is 0. The van der Waals surface area contributed by atoms with Crippen LogP contribution in [0, 0.1) is 5.92 Å². The lowest BCUT2D eigenvalue weighted by atomic mass is 9.84. The molecule has 1 atom stereocenters. The van der Waals surface area contributed by atoms with Crippen molar-refractivity contribution in [2.45, 2.75) is 25.3 Å². The fourth-order valence-corrected chi connectivity index (χ4v) is 1.46. The maximum atomic E-state index is 11.4. The summed E-state index contributed by atoms with van der Waals surface area (Å²) in [7, 11) is 0. The van der Waals surface area contributed by atoms with Crippen LogP contribution < -0.4 is 10.8 Å². The Morgan fingerprint density at radius 1 is 1.50 bits per heavy atom. The average Bonchev–Trinajstić information content (AvgIpc) is 2.34. The molecule has 4 nitrogen and oxygen atoms in total. The molecule has 4 heteroatoms. The summed E-state index contributed by atoms with van der Waals surface area (Å²) in [5.41, 5.74) is 2.74. The van der Waals surface area contributed by atoms with E-state index in [4.69, 9.17) is 4.84 Å². The highest BCUT2D eigenvalue weighted by Gasteiger charge is 2.27. The minimum Gasteiger partial charge on any atom is -0.349 e. The van der Waals surface area contributed by atoms with E-state index in [1.807, 2.05) is 0 Å². The van der Waals surface area contributed by atoms with Crippen LogP contribution in [0.25, 0.3) is 0 Å². The zero-order valence-electron chi connectivity index (χ0n) is 7.01. The minimum atomic E-state index is 0.179. The molecular formula is C8H14N2O2. The normalized spacial score (nSPS) is 29.8. The number of hydrogen-bond donors (Lipinski definition) is 2. The van der Waals surface area contributed by atoms with Crippen molar-refractivity contribution in [3.63, 3.8) is 0 Å². The van der Waals surface area contributed by atoms with Crippen molar-refractivity contribution in [3.05, 3.63) is 0 Å². The molecular weight excluding hydrogens is 156 g/mol. The van der Waals surface area contributed by atoms with Gasteiger partial charge < -0.3 is 5.32 Å². The second-order valence-corrected chi connectivity index (χ2v) is 3.49. The Bertz CT molecular complexity index is 174. The molecule has 0 radical (unpaired) electrons. The van der Waals surface area contributed by atoms with Crippen molar-refractivity contribution >= 4 is 5.91 Å². The van der Waals surface area contributed by atoms with Gasteiger partial charge in [0.15, 0.2) is 0 Å². The molecule has 1 aliphatic heterocycles. The highest BCUT2D eigenvalue weighted by Crippen LogP contribution is 2.26. The maximum Gasteiger partial charge on any atom is 0.223 e. The molecule has 68 valence electrons.